The van der Waals surface area contributed by atoms with Crippen LogP contribution in [0.4, 0.5) is 0 Å². The maximum Gasteiger partial charge on any atom is -0.00664 e. The second kappa shape index (κ2) is 7.89. The van der Waals surface area contributed by atoms with Crippen LogP contribution in [0.5, 0.6) is 0 Å². The fourth-order valence-electron chi connectivity index (χ4n) is 1.95. The van der Waals surface area contributed by atoms with Gasteiger partial charge in [-0.1, -0.05) is 67.5 Å². The Balaban J connectivity index is 0.00000121. The van der Waals surface area contributed by atoms with Crippen LogP contribution in [0.2, 0.25) is 0 Å². The monoisotopic (exact) mass is 230 g/mol. The van der Waals surface area contributed by atoms with Crippen LogP contribution in [0.25, 0.3) is 0 Å². The first kappa shape index (κ1) is 15.7. The summed E-state index contributed by atoms with van der Waals surface area (Å²) in [5, 5.41) is 0. The minimum Gasteiger partial charge on any atom is -0.0998 e. The van der Waals surface area contributed by atoms with Crippen LogP contribution < -0.4 is 0 Å². The summed E-state index contributed by atoms with van der Waals surface area (Å²) in [7, 11) is 0. The highest BCUT2D eigenvalue weighted by Crippen LogP contribution is 2.16. The van der Waals surface area contributed by atoms with E-state index >= 15 is 0 Å². The van der Waals surface area contributed by atoms with E-state index in [-0.39, 0.29) is 0 Å². The van der Waals surface area contributed by atoms with Crippen LogP contribution in [0.3, 0.4) is 0 Å². The third kappa shape index (κ3) is 6.78. The molecule has 0 heteroatoms. The van der Waals surface area contributed by atoms with Gasteiger partial charge in [0.2, 0.25) is 0 Å². The molecule has 17 heavy (non-hydrogen) atoms. The molecule has 0 aliphatic heterocycles. The molecule has 0 aliphatic carbocycles. The van der Waals surface area contributed by atoms with Crippen molar-refractivity contribution in [2.45, 2.75) is 47.5 Å². The van der Waals surface area contributed by atoms with Gasteiger partial charge in [0.15, 0.2) is 0 Å². The fourth-order valence-corrected chi connectivity index (χ4v) is 1.95. The lowest BCUT2D eigenvalue weighted by atomic mass is 9.98. The van der Waals surface area contributed by atoms with Crippen molar-refractivity contribution in [3.8, 4) is 0 Å². The van der Waals surface area contributed by atoms with Crippen LogP contribution in [-0.2, 0) is 6.42 Å². The van der Waals surface area contributed by atoms with Gasteiger partial charge in [-0.05, 0) is 39.2 Å². The lowest BCUT2D eigenvalue weighted by molar-refractivity contribution is 1.02. The quantitative estimate of drug-likeness (QED) is 0.608. The van der Waals surface area contributed by atoms with E-state index in [0.717, 1.165) is 12.8 Å². The number of benzene rings is 1. The molecule has 1 aromatic rings. The van der Waals surface area contributed by atoms with Gasteiger partial charge in [0.25, 0.3) is 0 Å². The number of rotatable bonds is 4. The molecule has 94 valence electrons. The molecule has 1 aromatic carbocycles. The van der Waals surface area contributed by atoms with Crippen LogP contribution in [0, 0.1) is 13.8 Å². The molecule has 0 radical (unpaired) electrons. The Bertz CT molecular complexity index is 363. The minimum atomic E-state index is 0.937. The van der Waals surface area contributed by atoms with Gasteiger partial charge in [0, 0.05) is 0 Å². The van der Waals surface area contributed by atoms with E-state index in [0.29, 0.717) is 0 Å². The number of hydrogen-bond acceptors (Lipinski definition) is 0. The van der Waals surface area contributed by atoms with E-state index in [1.54, 1.807) is 0 Å². The van der Waals surface area contributed by atoms with Crippen molar-refractivity contribution in [1.82, 2.24) is 0 Å². The standard InChI is InChI=1S/C15H20.C2H6/c1-11(2)6-12(3)8-15-9-13(4)7-14(5)10-15;1-2/h7,9-10H,1,3,6,8H2,2,4-5H3;1-2H3. The largest absolute Gasteiger partial charge is 0.0998 e. The molecular formula is C17H26. The molecule has 0 N–H and O–H groups in total. The Kier molecular flexibility index (Phi) is 7.29. The normalized spacial score (nSPS) is 9.24. The molecule has 1 rings (SSSR count). The lowest BCUT2D eigenvalue weighted by Crippen LogP contribution is -1.92. The summed E-state index contributed by atoms with van der Waals surface area (Å²) < 4.78 is 0. The Labute approximate surface area is 107 Å². The van der Waals surface area contributed by atoms with E-state index < -0.39 is 0 Å². The maximum atomic E-state index is 4.09. The Morgan fingerprint density at radius 2 is 1.47 bits per heavy atom. The molecule has 0 saturated heterocycles. The van der Waals surface area contributed by atoms with Gasteiger partial charge >= 0.3 is 0 Å². The zero-order chi connectivity index (χ0) is 13.4. The second-order valence-corrected chi connectivity index (χ2v) is 4.56. The fraction of sp³-hybridized carbons (Fsp3) is 0.412. The smallest absolute Gasteiger partial charge is 0.00664 e. The van der Waals surface area contributed by atoms with Crippen molar-refractivity contribution in [2.24, 2.45) is 0 Å². The summed E-state index contributed by atoms with van der Waals surface area (Å²) in [6.07, 6.45) is 1.91. The highest BCUT2D eigenvalue weighted by molar-refractivity contribution is 5.31. The van der Waals surface area contributed by atoms with Crippen LogP contribution >= 0.6 is 0 Å². The molecule has 0 bridgehead atoms. The van der Waals surface area contributed by atoms with Gasteiger partial charge < -0.3 is 0 Å². The summed E-state index contributed by atoms with van der Waals surface area (Å²) in [6, 6.07) is 6.66. The topological polar surface area (TPSA) is 0 Å². The van der Waals surface area contributed by atoms with Gasteiger partial charge in [-0.3, -0.25) is 0 Å². The first-order valence-electron chi connectivity index (χ1n) is 6.35. The average Bonchev–Trinajstić information content (AvgIpc) is 2.17. The molecule has 0 fully saturated rings. The summed E-state index contributed by atoms with van der Waals surface area (Å²) in [6.45, 7) is 18.3. The number of hydrogen-bond donors (Lipinski definition) is 0. The third-order valence-corrected chi connectivity index (χ3v) is 2.29. The van der Waals surface area contributed by atoms with Crippen molar-refractivity contribution < 1.29 is 0 Å². The Morgan fingerprint density at radius 1 is 1.00 bits per heavy atom. The molecule has 0 nitrogen and oxygen atoms in total. The van der Waals surface area contributed by atoms with Gasteiger partial charge in [-0.2, -0.15) is 0 Å². The van der Waals surface area contributed by atoms with E-state index in [1.807, 2.05) is 20.8 Å². The summed E-state index contributed by atoms with van der Waals surface area (Å²) in [5.74, 6) is 0. The summed E-state index contributed by atoms with van der Waals surface area (Å²) in [4.78, 5) is 0. The minimum absolute atomic E-state index is 0.937. The lowest BCUT2D eigenvalue weighted by Gasteiger charge is -2.07. The third-order valence-electron chi connectivity index (χ3n) is 2.29. The second-order valence-electron chi connectivity index (χ2n) is 4.56. The van der Waals surface area contributed by atoms with Crippen molar-refractivity contribution in [3.05, 3.63) is 59.2 Å². The van der Waals surface area contributed by atoms with E-state index in [4.69, 9.17) is 0 Å². The summed E-state index contributed by atoms with van der Waals surface area (Å²) in [5.41, 5.74) is 6.44. The zero-order valence-electron chi connectivity index (χ0n) is 12.1. The number of aryl methyl sites for hydroxylation is 2. The highest BCUT2D eigenvalue weighted by Gasteiger charge is 1.99. The molecule has 0 aromatic heterocycles. The predicted molar refractivity (Wildman–Crippen MR) is 79.5 cm³/mol. The highest BCUT2D eigenvalue weighted by atomic mass is 14.1. The summed E-state index contributed by atoms with van der Waals surface area (Å²) >= 11 is 0. The molecule has 0 spiro atoms. The molecular weight excluding hydrogens is 204 g/mol. The van der Waals surface area contributed by atoms with Crippen molar-refractivity contribution in [2.75, 3.05) is 0 Å². The van der Waals surface area contributed by atoms with E-state index in [2.05, 4.69) is 45.2 Å². The molecule has 0 saturated carbocycles. The van der Waals surface area contributed by atoms with Gasteiger partial charge in [-0.25, -0.2) is 0 Å². The van der Waals surface area contributed by atoms with Gasteiger partial charge in [-0.15, -0.1) is 0 Å². The van der Waals surface area contributed by atoms with Crippen molar-refractivity contribution >= 4 is 0 Å². The van der Waals surface area contributed by atoms with E-state index in [1.165, 1.54) is 27.8 Å². The Hall–Kier alpha value is -1.30. The zero-order valence-corrected chi connectivity index (χ0v) is 12.1. The van der Waals surface area contributed by atoms with E-state index in [9.17, 15) is 0 Å². The SMILES string of the molecule is C=C(C)CC(=C)Cc1cc(C)cc(C)c1.CC. The number of allylic oxidation sites excluding steroid dienone is 2. The molecule has 0 atom stereocenters. The van der Waals surface area contributed by atoms with Crippen molar-refractivity contribution in [3.63, 3.8) is 0 Å². The molecule has 0 heterocycles. The van der Waals surface area contributed by atoms with Gasteiger partial charge in [0.1, 0.15) is 0 Å². The molecule has 0 unspecified atom stereocenters. The average molecular weight is 230 g/mol. The van der Waals surface area contributed by atoms with Crippen molar-refractivity contribution in [1.29, 1.82) is 0 Å². The van der Waals surface area contributed by atoms with Crippen LogP contribution in [-0.4, -0.2) is 0 Å². The molecule has 0 aliphatic rings. The van der Waals surface area contributed by atoms with Crippen LogP contribution in [0.1, 0.15) is 43.9 Å². The molecule has 0 amide bonds. The first-order chi connectivity index (χ1) is 7.97. The Morgan fingerprint density at radius 3 is 1.88 bits per heavy atom. The predicted octanol–water partition coefficient (Wildman–Crippen LogP) is 5.39. The van der Waals surface area contributed by atoms with Crippen LogP contribution in [0.15, 0.2) is 42.5 Å². The maximum absolute atomic E-state index is 4.09. The first-order valence-corrected chi connectivity index (χ1v) is 6.35. The van der Waals surface area contributed by atoms with Gasteiger partial charge in [0.05, 0.1) is 0 Å².